The van der Waals surface area contributed by atoms with E-state index in [0.717, 1.165) is 30.8 Å². The molecule has 1 aromatic rings. The van der Waals surface area contributed by atoms with Crippen molar-refractivity contribution in [3.63, 3.8) is 0 Å². The molecule has 1 heterocycles. The minimum absolute atomic E-state index is 0.0571. The van der Waals surface area contributed by atoms with Crippen molar-refractivity contribution in [1.29, 1.82) is 0 Å². The Hall–Kier alpha value is -0.970. The van der Waals surface area contributed by atoms with E-state index in [1.54, 1.807) is 7.11 Å². The Bertz CT molecular complexity index is 437. The molecule has 1 saturated carbocycles. The molecule has 20 heavy (non-hydrogen) atoms. The molecule has 0 aromatic carbocycles. The number of pyridine rings is 1. The summed E-state index contributed by atoms with van der Waals surface area (Å²) >= 11 is 0. The highest BCUT2D eigenvalue weighted by Crippen LogP contribution is 2.35. The zero-order valence-corrected chi connectivity index (χ0v) is 12.9. The lowest BCUT2D eigenvalue weighted by molar-refractivity contribution is -0.0691. The van der Waals surface area contributed by atoms with Crippen LogP contribution < -0.4 is 5.73 Å². The van der Waals surface area contributed by atoms with E-state index in [1.807, 2.05) is 13.0 Å². The monoisotopic (exact) mass is 277 g/mol. The van der Waals surface area contributed by atoms with Crippen LogP contribution in [0.2, 0.25) is 0 Å². The van der Waals surface area contributed by atoms with Gasteiger partial charge in [0.15, 0.2) is 0 Å². The topological polar surface area (TPSA) is 51.4 Å². The molecule has 112 valence electrons. The lowest BCUT2D eigenvalue weighted by Gasteiger charge is -2.48. The second kappa shape index (κ2) is 6.66. The van der Waals surface area contributed by atoms with E-state index in [9.17, 15) is 0 Å². The van der Waals surface area contributed by atoms with Gasteiger partial charge in [-0.05, 0) is 38.9 Å². The lowest BCUT2D eigenvalue weighted by atomic mass is 9.77. The molecule has 1 aliphatic carbocycles. The highest BCUT2D eigenvalue weighted by Gasteiger charge is 2.43. The number of nitrogens with zero attached hydrogens (tertiary/aromatic N) is 2. The number of aryl methyl sites for hydroxylation is 1. The van der Waals surface area contributed by atoms with Gasteiger partial charge in [0.05, 0.1) is 17.3 Å². The molecule has 2 rings (SSSR count). The maximum Gasteiger partial charge on any atom is 0.0767 e. The lowest BCUT2D eigenvalue weighted by Crippen LogP contribution is -2.61. The third kappa shape index (κ3) is 3.03. The first kappa shape index (κ1) is 15.4. The molecule has 0 radical (unpaired) electrons. The Morgan fingerprint density at radius 3 is 2.90 bits per heavy atom. The molecular weight excluding hydrogens is 250 g/mol. The van der Waals surface area contributed by atoms with E-state index in [-0.39, 0.29) is 11.6 Å². The van der Waals surface area contributed by atoms with Crippen LogP contribution in [0.25, 0.3) is 0 Å². The third-order valence-corrected chi connectivity index (χ3v) is 4.67. The Morgan fingerprint density at radius 2 is 2.25 bits per heavy atom. The standard InChI is InChI=1S/C16H27N3O/c1-13-7-6-8-14(18-13)11-19(2)16(12-17)10-5-4-9-15(16)20-3/h6-8,15H,4-5,9-12,17H2,1-3H3. The van der Waals surface area contributed by atoms with Crippen molar-refractivity contribution in [2.24, 2.45) is 5.73 Å². The summed E-state index contributed by atoms with van der Waals surface area (Å²) < 4.78 is 5.74. The van der Waals surface area contributed by atoms with E-state index in [4.69, 9.17) is 10.5 Å². The van der Waals surface area contributed by atoms with E-state index in [0.29, 0.717) is 6.54 Å². The van der Waals surface area contributed by atoms with Gasteiger partial charge in [-0.3, -0.25) is 9.88 Å². The van der Waals surface area contributed by atoms with Crippen LogP contribution >= 0.6 is 0 Å². The molecule has 4 heteroatoms. The van der Waals surface area contributed by atoms with Gasteiger partial charge < -0.3 is 10.5 Å². The highest BCUT2D eigenvalue weighted by molar-refractivity contribution is 5.11. The van der Waals surface area contributed by atoms with Crippen molar-refractivity contribution >= 4 is 0 Å². The summed E-state index contributed by atoms with van der Waals surface area (Å²) in [5.74, 6) is 0. The molecule has 0 saturated heterocycles. The van der Waals surface area contributed by atoms with Gasteiger partial charge in [0.1, 0.15) is 0 Å². The number of aromatic nitrogens is 1. The van der Waals surface area contributed by atoms with Crippen LogP contribution in [0.15, 0.2) is 18.2 Å². The molecule has 1 aromatic heterocycles. The van der Waals surface area contributed by atoms with Crippen molar-refractivity contribution in [3.05, 3.63) is 29.6 Å². The maximum atomic E-state index is 6.15. The number of methoxy groups -OCH3 is 1. The predicted octanol–water partition coefficient (Wildman–Crippen LogP) is 2.11. The number of hydrogen-bond donors (Lipinski definition) is 1. The first-order chi connectivity index (χ1) is 9.62. The van der Waals surface area contributed by atoms with Gasteiger partial charge in [-0.2, -0.15) is 0 Å². The summed E-state index contributed by atoms with van der Waals surface area (Å²) in [5.41, 5.74) is 8.25. The summed E-state index contributed by atoms with van der Waals surface area (Å²) in [5, 5.41) is 0. The Balaban J connectivity index is 2.17. The molecule has 1 fully saturated rings. The normalized spacial score (nSPS) is 26.9. The Morgan fingerprint density at radius 1 is 1.45 bits per heavy atom. The second-order valence-electron chi connectivity index (χ2n) is 5.90. The molecule has 2 atom stereocenters. The smallest absolute Gasteiger partial charge is 0.0767 e. The largest absolute Gasteiger partial charge is 0.379 e. The molecule has 0 spiro atoms. The molecule has 1 aliphatic rings. The summed E-state index contributed by atoms with van der Waals surface area (Å²) in [4.78, 5) is 6.95. The zero-order chi connectivity index (χ0) is 14.6. The van der Waals surface area contributed by atoms with Gasteiger partial charge in [-0.15, -0.1) is 0 Å². The van der Waals surface area contributed by atoms with E-state index in [1.165, 1.54) is 12.8 Å². The molecule has 0 aliphatic heterocycles. The van der Waals surface area contributed by atoms with Gasteiger partial charge in [-0.25, -0.2) is 0 Å². The van der Waals surface area contributed by atoms with Crippen LogP contribution in [0.4, 0.5) is 0 Å². The fourth-order valence-corrected chi connectivity index (χ4v) is 3.44. The number of ether oxygens (including phenoxy) is 1. The quantitative estimate of drug-likeness (QED) is 0.895. The fraction of sp³-hybridized carbons (Fsp3) is 0.688. The van der Waals surface area contributed by atoms with Gasteiger partial charge in [-0.1, -0.05) is 18.9 Å². The Labute approximate surface area is 122 Å². The summed E-state index contributed by atoms with van der Waals surface area (Å²) in [6.45, 7) is 3.48. The van der Waals surface area contributed by atoms with Gasteiger partial charge >= 0.3 is 0 Å². The van der Waals surface area contributed by atoms with Crippen LogP contribution in [0.3, 0.4) is 0 Å². The SMILES string of the molecule is COC1CCCCC1(CN)N(C)Cc1cccc(C)n1. The molecule has 0 bridgehead atoms. The minimum atomic E-state index is -0.0571. The number of likely N-dealkylation sites (N-methyl/N-ethyl adjacent to an activating group) is 1. The van der Waals surface area contributed by atoms with Crippen LogP contribution in [-0.2, 0) is 11.3 Å². The highest BCUT2D eigenvalue weighted by atomic mass is 16.5. The third-order valence-electron chi connectivity index (χ3n) is 4.67. The number of nitrogens with two attached hydrogens (primary N) is 1. The molecule has 0 amide bonds. The summed E-state index contributed by atoms with van der Waals surface area (Å²) in [7, 11) is 3.95. The van der Waals surface area contributed by atoms with Gasteiger partial charge in [0.2, 0.25) is 0 Å². The average molecular weight is 277 g/mol. The number of rotatable bonds is 5. The van der Waals surface area contributed by atoms with E-state index < -0.39 is 0 Å². The van der Waals surface area contributed by atoms with Gasteiger partial charge in [0, 0.05) is 25.9 Å². The van der Waals surface area contributed by atoms with Crippen LogP contribution in [0.1, 0.15) is 37.1 Å². The first-order valence-electron chi connectivity index (χ1n) is 7.49. The maximum absolute atomic E-state index is 6.15. The van der Waals surface area contributed by atoms with E-state index >= 15 is 0 Å². The summed E-state index contributed by atoms with van der Waals surface area (Å²) in [6, 6.07) is 6.18. The molecular formula is C16H27N3O. The summed E-state index contributed by atoms with van der Waals surface area (Å²) in [6.07, 6.45) is 4.87. The average Bonchev–Trinajstić information content (AvgIpc) is 2.46. The zero-order valence-electron chi connectivity index (χ0n) is 12.9. The minimum Gasteiger partial charge on any atom is -0.379 e. The van der Waals surface area contributed by atoms with Crippen molar-refractivity contribution in [2.75, 3.05) is 20.7 Å². The van der Waals surface area contributed by atoms with Crippen LogP contribution in [0.5, 0.6) is 0 Å². The number of hydrogen-bond acceptors (Lipinski definition) is 4. The first-order valence-corrected chi connectivity index (χ1v) is 7.49. The molecule has 2 unspecified atom stereocenters. The molecule has 2 N–H and O–H groups in total. The fourth-order valence-electron chi connectivity index (χ4n) is 3.44. The van der Waals surface area contributed by atoms with Crippen LogP contribution in [0, 0.1) is 6.92 Å². The van der Waals surface area contributed by atoms with Gasteiger partial charge in [0.25, 0.3) is 0 Å². The van der Waals surface area contributed by atoms with Crippen molar-refractivity contribution < 1.29 is 4.74 Å². The van der Waals surface area contributed by atoms with Crippen LogP contribution in [-0.4, -0.2) is 42.2 Å². The molecule has 4 nitrogen and oxygen atoms in total. The predicted molar refractivity (Wildman–Crippen MR) is 81.5 cm³/mol. The van der Waals surface area contributed by atoms with E-state index in [2.05, 4.69) is 29.1 Å². The van der Waals surface area contributed by atoms with Crippen molar-refractivity contribution in [1.82, 2.24) is 9.88 Å². The second-order valence-corrected chi connectivity index (χ2v) is 5.90. The van der Waals surface area contributed by atoms with Crippen molar-refractivity contribution in [3.8, 4) is 0 Å². The Kier molecular flexibility index (Phi) is 5.13. The van der Waals surface area contributed by atoms with Crippen molar-refractivity contribution in [2.45, 2.75) is 50.8 Å².